The zero-order chi connectivity index (χ0) is 14.1. The maximum atomic E-state index is 4.26. The van der Waals surface area contributed by atoms with Gasteiger partial charge >= 0.3 is 0 Å². The highest BCUT2D eigenvalue weighted by atomic mass is 15.1. The van der Waals surface area contributed by atoms with Crippen molar-refractivity contribution >= 4 is 18.8 Å². The largest absolute Gasteiger partial charge is 0.372 e. The molecule has 3 rings (SSSR count). The van der Waals surface area contributed by atoms with Gasteiger partial charge in [-0.1, -0.05) is 20.1 Å². The number of benzene rings is 1. The predicted molar refractivity (Wildman–Crippen MR) is 88.4 cm³/mol. The average molecular weight is 269 g/mol. The van der Waals surface area contributed by atoms with E-state index >= 15 is 0 Å². The van der Waals surface area contributed by atoms with E-state index < -0.39 is 0 Å². The first-order valence-electron chi connectivity index (χ1n) is 8.19. The van der Waals surface area contributed by atoms with Crippen LogP contribution in [0.4, 0.5) is 5.69 Å². The highest BCUT2D eigenvalue weighted by molar-refractivity contribution is 5.50. The summed E-state index contributed by atoms with van der Waals surface area (Å²) in [6.07, 6.45) is 8.02. The molecule has 2 fully saturated rings. The van der Waals surface area contributed by atoms with Gasteiger partial charge in [0.1, 0.15) is 0 Å². The van der Waals surface area contributed by atoms with Gasteiger partial charge in [0.15, 0.2) is 0 Å². The summed E-state index contributed by atoms with van der Waals surface area (Å²) in [5.41, 5.74) is 2.82. The van der Waals surface area contributed by atoms with Gasteiger partial charge in [-0.3, -0.25) is 0 Å². The topological polar surface area (TPSA) is 3.24 Å². The Hall–Kier alpha value is -1.24. The van der Waals surface area contributed by atoms with Gasteiger partial charge in [0.05, 0.1) is 0 Å². The standard InChI is InChI=1S/C19H27N/c1-14-9-17(10-14)12-18-13-19(11-15(2)16(18)3)20-7-5-4-6-8-20/h11,13-14,17H,2-10,12H2,1H3. The number of anilines is 1. The van der Waals surface area contributed by atoms with E-state index in [2.05, 4.69) is 37.1 Å². The Labute approximate surface area is 123 Å². The molecule has 0 unspecified atom stereocenters. The molecule has 0 spiro atoms. The Morgan fingerprint density at radius 3 is 2.45 bits per heavy atom. The molecule has 1 aliphatic heterocycles. The first kappa shape index (κ1) is 13.7. The van der Waals surface area contributed by atoms with Crippen LogP contribution in [-0.2, 0) is 6.42 Å². The summed E-state index contributed by atoms with van der Waals surface area (Å²) in [6.45, 7) is 13.2. The first-order chi connectivity index (χ1) is 9.63. The van der Waals surface area contributed by atoms with Crippen molar-refractivity contribution in [3.05, 3.63) is 28.1 Å². The maximum Gasteiger partial charge on any atom is 0.0375 e. The zero-order valence-corrected chi connectivity index (χ0v) is 12.8. The molecule has 1 heteroatoms. The van der Waals surface area contributed by atoms with Crippen LogP contribution in [0.2, 0.25) is 0 Å². The lowest BCUT2D eigenvalue weighted by molar-refractivity contribution is 0.211. The highest BCUT2D eigenvalue weighted by Gasteiger charge is 2.25. The zero-order valence-electron chi connectivity index (χ0n) is 12.8. The summed E-state index contributed by atoms with van der Waals surface area (Å²) >= 11 is 0. The van der Waals surface area contributed by atoms with Gasteiger partial charge in [-0.25, -0.2) is 0 Å². The lowest BCUT2D eigenvalue weighted by Crippen LogP contribution is -2.34. The van der Waals surface area contributed by atoms with Crippen LogP contribution in [0, 0.1) is 11.8 Å². The van der Waals surface area contributed by atoms with Crippen LogP contribution >= 0.6 is 0 Å². The van der Waals surface area contributed by atoms with Crippen LogP contribution in [0.15, 0.2) is 12.1 Å². The molecule has 0 radical (unpaired) electrons. The van der Waals surface area contributed by atoms with Crippen LogP contribution in [0.25, 0.3) is 13.2 Å². The molecule has 2 aliphatic rings. The normalized spacial score (nSPS) is 26.4. The van der Waals surface area contributed by atoms with Gasteiger partial charge in [-0.2, -0.15) is 0 Å². The Morgan fingerprint density at radius 1 is 1.10 bits per heavy atom. The molecule has 0 amide bonds. The van der Waals surface area contributed by atoms with E-state index in [1.807, 2.05) is 0 Å². The van der Waals surface area contributed by atoms with E-state index in [-0.39, 0.29) is 0 Å². The fraction of sp³-hybridized carbons (Fsp3) is 0.579. The summed E-state index contributed by atoms with van der Waals surface area (Å²) in [5.74, 6) is 1.80. The molecule has 108 valence electrons. The average Bonchev–Trinajstić information content (AvgIpc) is 2.42. The minimum Gasteiger partial charge on any atom is -0.372 e. The molecule has 1 saturated heterocycles. The lowest BCUT2D eigenvalue weighted by atomic mass is 9.73. The lowest BCUT2D eigenvalue weighted by Gasteiger charge is -2.33. The number of hydrogen-bond acceptors (Lipinski definition) is 1. The Bertz CT molecular complexity index is 562. The SMILES string of the molecule is C=c1cc(N2CCCCC2)cc(CC2CC(C)C2)c1=C. The van der Waals surface area contributed by atoms with Crippen molar-refractivity contribution in [3.8, 4) is 0 Å². The second-order valence-corrected chi connectivity index (χ2v) is 6.94. The van der Waals surface area contributed by atoms with Crippen LogP contribution in [0.5, 0.6) is 0 Å². The van der Waals surface area contributed by atoms with Crippen LogP contribution < -0.4 is 15.3 Å². The number of hydrogen-bond donors (Lipinski definition) is 0. The molecule has 1 nitrogen and oxygen atoms in total. The van der Waals surface area contributed by atoms with E-state index in [9.17, 15) is 0 Å². The molecule has 0 aromatic heterocycles. The van der Waals surface area contributed by atoms with Gasteiger partial charge in [0, 0.05) is 18.8 Å². The monoisotopic (exact) mass is 269 g/mol. The second kappa shape index (κ2) is 5.63. The molecule has 1 aliphatic carbocycles. The fourth-order valence-corrected chi connectivity index (χ4v) is 3.84. The molecule has 1 heterocycles. The molecule has 1 aromatic rings. The molecule has 20 heavy (non-hydrogen) atoms. The number of piperidine rings is 1. The van der Waals surface area contributed by atoms with Crippen molar-refractivity contribution in [1.29, 1.82) is 0 Å². The molecule has 1 aromatic carbocycles. The Balaban J connectivity index is 1.83. The van der Waals surface area contributed by atoms with Crippen molar-refractivity contribution in [3.63, 3.8) is 0 Å². The fourth-order valence-electron chi connectivity index (χ4n) is 3.84. The molecule has 0 N–H and O–H groups in total. The van der Waals surface area contributed by atoms with E-state index in [0.717, 1.165) is 17.1 Å². The molecule has 0 bridgehead atoms. The van der Waals surface area contributed by atoms with E-state index in [1.165, 1.54) is 68.1 Å². The van der Waals surface area contributed by atoms with Gasteiger partial charge in [-0.05, 0) is 78.5 Å². The van der Waals surface area contributed by atoms with Crippen molar-refractivity contribution < 1.29 is 0 Å². The summed E-state index contributed by atoms with van der Waals surface area (Å²) in [7, 11) is 0. The van der Waals surface area contributed by atoms with Gasteiger partial charge in [0.25, 0.3) is 0 Å². The van der Waals surface area contributed by atoms with Crippen molar-refractivity contribution in [2.75, 3.05) is 18.0 Å². The van der Waals surface area contributed by atoms with E-state index in [4.69, 9.17) is 0 Å². The van der Waals surface area contributed by atoms with Crippen molar-refractivity contribution in [2.24, 2.45) is 11.8 Å². The number of rotatable bonds is 3. The van der Waals surface area contributed by atoms with E-state index in [0.29, 0.717) is 0 Å². The van der Waals surface area contributed by atoms with Gasteiger partial charge in [-0.15, -0.1) is 0 Å². The summed E-state index contributed by atoms with van der Waals surface area (Å²) < 4.78 is 0. The molecule has 1 saturated carbocycles. The van der Waals surface area contributed by atoms with Crippen LogP contribution in [0.1, 0.15) is 44.6 Å². The quantitative estimate of drug-likeness (QED) is 0.815. The predicted octanol–water partition coefficient (Wildman–Crippen LogP) is 3.09. The summed E-state index contributed by atoms with van der Waals surface area (Å²) in [6, 6.07) is 4.63. The minimum absolute atomic E-state index is 0.876. The Kier molecular flexibility index (Phi) is 3.87. The van der Waals surface area contributed by atoms with Gasteiger partial charge in [0.2, 0.25) is 0 Å². The number of nitrogens with zero attached hydrogens (tertiary/aromatic N) is 1. The summed E-state index contributed by atoms with van der Waals surface area (Å²) in [5, 5.41) is 2.29. The highest BCUT2D eigenvalue weighted by Crippen LogP contribution is 2.35. The molecular formula is C19H27N. The van der Waals surface area contributed by atoms with Crippen LogP contribution in [-0.4, -0.2) is 13.1 Å². The third-order valence-corrected chi connectivity index (χ3v) is 5.12. The smallest absolute Gasteiger partial charge is 0.0375 e. The molecular weight excluding hydrogens is 242 g/mol. The minimum atomic E-state index is 0.876. The van der Waals surface area contributed by atoms with Crippen LogP contribution in [0.3, 0.4) is 0 Å². The first-order valence-corrected chi connectivity index (χ1v) is 8.19. The Morgan fingerprint density at radius 2 is 1.80 bits per heavy atom. The third kappa shape index (κ3) is 2.77. The maximum absolute atomic E-state index is 4.26. The second-order valence-electron chi connectivity index (χ2n) is 6.94. The van der Waals surface area contributed by atoms with E-state index in [1.54, 1.807) is 0 Å². The summed E-state index contributed by atoms with van der Waals surface area (Å²) in [4.78, 5) is 2.53. The van der Waals surface area contributed by atoms with Crippen molar-refractivity contribution in [1.82, 2.24) is 0 Å². The van der Waals surface area contributed by atoms with Crippen molar-refractivity contribution in [2.45, 2.75) is 45.4 Å². The van der Waals surface area contributed by atoms with Gasteiger partial charge < -0.3 is 4.90 Å². The molecule has 0 atom stereocenters. The third-order valence-electron chi connectivity index (χ3n) is 5.12.